The summed E-state index contributed by atoms with van der Waals surface area (Å²) in [6.07, 6.45) is 0.787. The van der Waals surface area contributed by atoms with Crippen molar-refractivity contribution in [3.8, 4) is 0 Å². The summed E-state index contributed by atoms with van der Waals surface area (Å²) >= 11 is 0. The number of amides is 2. The molecule has 6 heteroatoms. The minimum atomic E-state index is -1.01. The average molecular weight is 204 g/mol. The number of hydrogen-bond acceptors (Lipinski definition) is 4. The van der Waals surface area contributed by atoms with Crippen LogP contribution in [0.4, 0.5) is 0 Å². The molecule has 0 saturated carbocycles. The molecule has 0 rings (SSSR count). The molecule has 0 aromatic rings. The van der Waals surface area contributed by atoms with Crippen molar-refractivity contribution in [3.05, 3.63) is 0 Å². The second kappa shape index (κ2) is 7.28. The number of carbonyl (C=O) groups is 2. The first-order chi connectivity index (χ1) is 6.63. The van der Waals surface area contributed by atoms with E-state index in [0.717, 1.165) is 0 Å². The van der Waals surface area contributed by atoms with Crippen LogP contribution < -0.4 is 5.73 Å². The van der Waals surface area contributed by atoms with E-state index in [1.807, 2.05) is 0 Å². The monoisotopic (exact) mass is 204 g/mol. The molecule has 2 amide bonds. The summed E-state index contributed by atoms with van der Waals surface area (Å²) in [6, 6.07) is 0. The van der Waals surface area contributed by atoms with Crippen LogP contribution in [-0.2, 0) is 9.59 Å². The van der Waals surface area contributed by atoms with Crippen molar-refractivity contribution in [2.75, 3.05) is 26.3 Å². The van der Waals surface area contributed by atoms with Crippen LogP contribution in [0.15, 0.2) is 0 Å². The SMILES string of the molecule is NC(=O)C(=O)N(CCCO)CCCO. The van der Waals surface area contributed by atoms with Crippen LogP contribution in [0.3, 0.4) is 0 Å². The van der Waals surface area contributed by atoms with Crippen molar-refractivity contribution in [3.63, 3.8) is 0 Å². The van der Waals surface area contributed by atoms with Crippen molar-refractivity contribution < 1.29 is 19.8 Å². The molecule has 6 nitrogen and oxygen atoms in total. The zero-order valence-electron chi connectivity index (χ0n) is 7.98. The minimum Gasteiger partial charge on any atom is -0.396 e. The molecule has 0 fully saturated rings. The average Bonchev–Trinajstić information content (AvgIpc) is 2.17. The van der Waals surface area contributed by atoms with E-state index in [1.165, 1.54) is 4.90 Å². The number of nitrogens with zero attached hydrogens (tertiary/aromatic N) is 1. The van der Waals surface area contributed by atoms with E-state index in [1.54, 1.807) is 0 Å². The maximum atomic E-state index is 11.1. The van der Waals surface area contributed by atoms with Gasteiger partial charge in [-0.2, -0.15) is 0 Å². The predicted octanol–water partition coefficient (Wildman–Crippen LogP) is -1.93. The number of carbonyl (C=O) groups excluding carboxylic acids is 2. The Bertz CT molecular complexity index is 188. The number of aliphatic hydroxyl groups is 2. The second-order valence-electron chi connectivity index (χ2n) is 2.81. The van der Waals surface area contributed by atoms with Crippen LogP contribution in [-0.4, -0.2) is 53.2 Å². The van der Waals surface area contributed by atoms with Gasteiger partial charge in [-0.15, -0.1) is 0 Å². The summed E-state index contributed by atoms with van der Waals surface area (Å²) in [5.74, 6) is -1.78. The van der Waals surface area contributed by atoms with Gasteiger partial charge in [-0.1, -0.05) is 0 Å². The lowest BCUT2D eigenvalue weighted by Crippen LogP contribution is -2.41. The van der Waals surface area contributed by atoms with E-state index in [0.29, 0.717) is 12.8 Å². The van der Waals surface area contributed by atoms with Crippen molar-refractivity contribution >= 4 is 11.8 Å². The highest BCUT2D eigenvalue weighted by atomic mass is 16.3. The van der Waals surface area contributed by atoms with Crippen molar-refractivity contribution in [1.82, 2.24) is 4.90 Å². The van der Waals surface area contributed by atoms with Gasteiger partial charge in [0.1, 0.15) is 0 Å². The third kappa shape index (κ3) is 4.78. The summed E-state index contributed by atoms with van der Waals surface area (Å²) < 4.78 is 0. The topological polar surface area (TPSA) is 104 Å². The summed E-state index contributed by atoms with van der Waals surface area (Å²) in [7, 11) is 0. The molecule has 4 N–H and O–H groups in total. The Morgan fingerprint density at radius 3 is 1.79 bits per heavy atom. The first-order valence-corrected chi connectivity index (χ1v) is 4.44. The fourth-order valence-electron chi connectivity index (χ4n) is 0.994. The highest BCUT2D eigenvalue weighted by molar-refractivity contribution is 6.34. The fourth-order valence-corrected chi connectivity index (χ4v) is 0.994. The van der Waals surface area contributed by atoms with Gasteiger partial charge in [-0.3, -0.25) is 9.59 Å². The van der Waals surface area contributed by atoms with Gasteiger partial charge in [0.05, 0.1) is 0 Å². The van der Waals surface area contributed by atoms with E-state index in [-0.39, 0.29) is 26.3 Å². The van der Waals surface area contributed by atoms with E-state index >= 15 is 0 Å². The molecule has 82 valence electrons. The van der Waals surface area contributed by atoms with E-state index in [4.69, 9.17) is 15.9 Å². The molecule has 0 spiro atoms. The smallest absolute Gasteiger partial charge is 0.311 e. The second-order valence-corrected chi connectivity index (χ2v) is 2.81. The highest BCUT2D eigenvalue weighted by Crippen LogP contribution is 1.95. The summed E-state index contributed by atoms with van der Waals surface area (Å²) in [6.45, 7) is 0.444. The Labute approximate surface area is 82.3 Å². The van der Waals surface area contributed by atoms with Crippen molar-refractivity contribution in [2.24, 2.45) is 5.73 Å². The quantitative estimate of drug-likeness (QED) is 0.438. The maximum Gasteiger partial charge on any atom is 0.311 e. The largest absolute Gasteiger partial charge is 0.396 e. The van der Waals surface area contributed by atoms with Gasteiger partial charge in [0.2, 0.25) is 0 Å². The molecular weight excluding hydrogens is 188 g/mol. The third-order valence-electron chi connectivity index (χ3n) is 1.67. The molecule has 0 atom stereocenters. The molecule has 0 aliphatic carbocycles. The number of rotatable bonds is 6. The Kier molecular flexibility index (Phi) is 6.69. The number of primary amides is 1. The lowest BCUT2D eigenvalue weighted by Gasteiger charge is -2.19. The van der Waals surface area contributed by atoms with Crippen LogP contribution in [0.1, 0.15) is 12.8 Å². The van der Waals surface area contributed by atoms with Gasteiger partial charge >= 0.3 is 11.8 Å². The van der Waals surface area contributed by atoms with Gasteiger partial charge in [0.25, 0.3) is 0 Å². The standard InChI is InChI=1S/C8H16N2O4/c9-7(13)8(14)10(3-1-5-11)4-2-6-12/h11-12H,1-6H2,(H2,9,13). The summed E-state index contributed by atoms with van der Waals surface area (Å²) in [4.78, 5) is 22.9. The number of aliphatic hydroxyl groups excluding tert-OH is 2. The zero-order valence-corrected chi connectivity index (χ0v) is 7.98. The number of nitrogens with two attached hydrogens (primary N) is 1. The normalized spacial score (nSPS) is 9.86. The molecule has 0 unspecified atom stereocenters. The highest BCUT2D eigenvalue weighted by Gasteiger charge is 2.17. The van der Waals surface area contributed by atoms with E-state index in [2.05, 4.69) is 0 Å². The molecule has 0 aliphatic heterocycles. The molecule has 0 aromatic heterocycles. The Morgan fingerprint density at radius 2 is 1.50 bits per heavy atom. The Hall–Kier alpha value is -1.14. The summed E-state index contributed by atoms with van der Waals surface area (Å²) in [5, 5.41) is 17.1. The number of hydrogen-bond donors (Lipinski definition) is 3. The Morgan fingerprint density at radius 1 is 1.07 bits per heavy atom. The predicted molar refractivity (Wildman–Crippen MR) is 49.2 cm³/mol. The molecule has 0 aromatic carbocycles. The van der Waals surface area contributed by atoms with Crippen molar-refractivity contribution in [2.45, 2.75) is 12.8 Å². The molecule has 14 heavy (non-hydrogen) atoms. The lowest BCUT2D eigenvalue weighted by atomic mass is 10.3. The Balaban J connectivity index is 4.08. The zero-order chi connectivity index (χ0) is 11.0. The molecule has 0 aliphatic rings. The molecule has 0 heterocycles. The molecule has 0 radical (unpaired) electrons. The van der Waals surface area contributed by atoms with E-state index in [9.17, 15) is 9.59 Å². The van der Waals surface area contributed by atoms with E-state index < -0.39 is 11.8 Å². The van der Waals surface area contributed by atoms with Gasteiger partial charge < -0.3 is 20.8 Å². The molecular formula is C8H16N2O4. The maximum absolute atomic E-state index is 11.1. The van der Waals surface area contributed by atoms with Crippen LogP contribution >= 0.6 is 0 Å². The van der Waals surface area contributed by atoms with Crippen LogP contribution in [0.5, 0.6) is 0 Å². The first kappa shape index (κ1) is 12.9. The first-order valence-electron chi connectivity index (χ1n) is 4.44. The lowest BCUT2D eigenvalue weighted by molar-refractivity contribution is -0.144. The van der Waals surface area contributed by atoms with Gasteiger partial charge in [-0.05, 0) is 12.8 Å². The van der Waals surface area contributed by atoms with Crippen LogP contribution in [0.2, 0.25) is 0 Å². The van der Waals surface area contributed by atoms with Gasteiger partial charge in [0.15, 0.2) is 0 Å². The molecule has 0 saturated heterocycles. The van der Waals surface area contributed by atoms with Crippen LogP contribution in [0.25, 0.3) is 0 Å². The summed E-state index contributed by atoms with van der Waals surface area (Å²) in [5.41, 5.74) is 4.83. The third-order valence-corrected chi connectivity index (χ3v) is 1.67. The van der Waals surface area contributed by atoms with Crippen molar-refractivity contribution in [1.29, 1.82) is 0 Å². The van der Waals surface area contributed by atoms with Gasteiger partial charge in [0, 0.05) is 26.3 Å². The van der Waals surface area contributed by atoms with Crippen LogP contribution in [0, 0.1) is 0 Å². The van der Waals surface area contributed by atoms with Gasteiger partial charge in [-0.25, -0.2) is 0 Å². The minimum absolute atomic E-state index is 0.0539. The molecule has 0 bridgehead atoms. The fraction of sp³-hybridized carbons (Fsp3) is 0.750.